The van der Waals surface area contributed by atoms with E-state index in [4.69, 9.17) is 0 Å². The molecule has 3 unspecified atom stereocenters. The molecular weight excluding hydrogens is 412 g/mol. The van der Waals surface area contributed by atoms with Crippen LogP contribution in [-0.2, 0) is 10.0 Å². The zero-order chi connectivity index (χ0) is 20.9. The molecule has 2 aliphatic rings. The molecule has 0 radical (unpaired) electrons. The summed E-state index contributed by atoms with van der Waals surface area (Å²) >= 11 is 1.80. The van der Waals surface area contributed by atoms with E-state index in [1.54, 1.807) is 36.6 Å². The number of sulfonamides is 1. The summed E-state index contributed by atoms with van der Waals surface area (Å²) in [7, 11) is -2.03. The number of aryl methyl sites for hydroxylation is 1. The minimum absolute atomic E-state index is 0.227. The van der Waals surface area contributed by atoms with Crippen molar-refractivity contribution in [2.75, 3.05) is 16.7 Å². The van der Waals surface area contributed by atoms with Crippen LogP contribution in [0.25, 0.3) is 0 Å². The number of thiophene rings is 1. The fraction of sp³-hybridized carbons (Fsp3) is 0.250. The van der Waals surface area contributed by atoms with Gasteiger partial charge in [-0.2, -0.15) is 0 Å². The second-order valence-electron chi connectivity index (χ2n) is 8.00. The predicted molar refractivity (Wildman–Crippen MR) is 124 cm³/mol. The van der Waals surface area contributed by atoms with Crippen molar-refractivity contribution in [3.63, 3.8) is 0 Å². The molecule has 2 aromatic carbocycles. The zero-order valence-electron chi connectivity index (χ0n) is 16.9. The van der Waals surface area contributed by atoms with Crippen molar-refractivity contribution in [2.45, 2.75) is 30.2 Å². The van der Waals surface area contributed by atoms with Crippen molar-refractivity contribution >= 4 is 32.7 Å². The van der Waals surface area contributed by atoms with Crippen molar-refractivity contribution in [3.8, 4) is 0 Å². The molecule has 0 spiro atoms. The van der Waals surface area contributed by atoms with E-state index >= 15 is 0 Å². The highest BCUT2D eigenvalue weighted by molar-refractivity contribution is 7.92. The number of fused-ring (bicyclic) bond motifs is 3. The Balaban J connectivity index is 1.54. The second-order valence-corrected chi connectivity index (χ2v) is 10.9. The third-order valence-electron chi connectivity index (χ3n) is 6.30. The van der Waals surface area contributed by atoms with Crippen LogP contribution in [0.15, 0.2) is 77.0 Å². The molecule has 30 heavy (non-hydrogen) atoms. The van der Waals surface area contributed by atoms with Gasteiger partial charge < -0.3 is 5.32 Å². The molecule has 1 aromatic heterocycles. The standard InChI is InChI=1S/C24H24N2O2S2/c1-16-13-14-29-24(16)23-20-10-6-9-19(20)21-15-18(11-12-22(21)25-23)30(27,28)26(2)17-7-4-3-5-8-17/h3-9,11-15,19-20,23,25H,10H2,1-2H3. The molecule has 1 aliphatic carbocycles. The molecule has 3 atom stereocenters. The molecule has 1 aliphatic heterocycles. The SMILES string of the molecule is Cc1ccsc1C1Nc2ccc(S(=O)(=O)N(C)c3ccccc3)cc2C2C=CCC21. The van der Waals surface area contributed by atoms with Crippen molar-refractivity contribution < 1.29 is 8.42 Å². The van der Waals surface area contributed by atoms with E-state index < -0.39 is 10.0 Å². The quantitative estimate of drug-likeness (QED) is 0.533. The van der Waals surface area contributed by atoms with E-state index in [1.807, 2.05) is 30.3 Å². The Morgan fingerprint density at radius 2 is 1.90 bits per heavy atom. The van der Waals surface area contributed by atoms with Crippen molar-refractivity contribution in [1.82, 2.24) is 0 Å². The van der Waals surface area contributed by atoms with Crippen LogP contribution in [0.5, 0.6) is 0 Å². The minimum atomic E-state index is -3.63. The highest BCUT2D eigenvalue weighted by Crippen LogP contribution is 2.51. The summed E-state index contributed by atoms with van der Waals surface area (Å²) in [5, 5.41) is 5.86. The molecular formula is C24H24N2O2S2. The van der Waals surface area contributed by atoms with Crippen LogP contribution in [0.4, 0.5) is 11.4 Å². The smallest absolute Gasteiger partial charge is 0.264 e. The van der Waals surface area contributed by atoms with E-state index in [-0.39, 0.29) is 12.0 Å². The molecule has 0 saturated heterocycles. The van der Waals surface area contributed by atoms with E-state index in [2.05, 4.69) is 35.8 Å². The number of hydrogen-bond donors (Lipinski definition) is 1. The summed E-state index contributed by atoms with van der Waals surface area (Å²) in [6.45, 7) is 2.16. The van der Waals surface area contributed by atoms with Gasteiger partial charge in [0.05, 0.1) is 16.6 Å². The molecule has 0 saturated carbocycles. The molecule has 3 aromatic rings. The van der Waals surface area contributed by atoms with Gasteiger partial charge in [0, 0.05) is 23.5 Å². The van der Waals surface area contributed by atoms with Gasteiger partial charge in [-0.25, -0.2) is 8.42 Å². The Hall–Kier alpha value is -2.57. The summed E-state index contributed by atoms with van der Waals surface area (Å²) in [6.07, 6.45) is 5.48. The number of nitrogens with one attached hydrogen (secondary N) is 1. The third-order valence-corrected chi connectivity index (χ3v) is 9.18. The maximum Gasteiger partial charge on any atom is 0.264 e. The van der Waals surface area contributed by atoms with Gasteiger partial charge in [0.25, 0.3) is 10.0 Å². The topological polar surface area (TPSA) is 49.4 Å². The first-order valence-electron chi connectivity index (χ1n) is 10.1. The lowest BCUT2D eigenvalue weighted by molar-refractivity contribution is 0.428. The van der Waals surface area contributed by atoms with E-state index in [0.29, 0.717) is 16.5 Å². The largest absolute Gasteiger partial charge is 0.377 e. The normalized spacial score (nSPS) is 22.3. The molecule has 6 heteroatoms. The van der Waals surface area contributed by atoms with Crippen LogP contribution in [0.2, 0.25) is 0 Å². The monoisotopic (exact) mass is 436 g/mol. The summed E-state index contributed by atoms with van der Waals surface area (Å²) in [5.74, 6) is 0.629. The number of anilines is 2. The van der Waals surface area contributed by atoms with Gasteiger partial charge in [0.1, 0.15) is 0 Å². The fourth-order valence-electron chi connectivity index (χ4n) is 4.63. The first-order valence-corrected chi connectivity index (χ1v) is 12.4. The minimum Gasteiger partial charge on any atom is -0.377 e. The first-order chi connectivity index (χ1) is 14.5. The zero-order valence-corrected chi connectivity index (χ0v) is 18.6. The molecule has 1 N–H and O–H groups in total. The van der Waals surface area contributed by atoms with Gasteiger partial charge in [-0.15, -0.1) is 11.3 Å². The average molecular weight is 437 g/mol. The van der Waals surface area contributed by atoms with E-state index in [0.717, 1.165) is 17.7 Å². The van der Waals surface area contributed by atoms with Gasteiger partial charge in [-0.1, -0.05) is 30.4 Å². The van der Waals surface area contributed by atoms with Gasteiger partial charge in [0.15, 0.2) is 0 Å². The van der Waals surface area contributed by atoms with Crippen molar-refractivity contribution in [1.29, 1.82) is 0 Å². The van der Waals surface area contributed by atoms with Crippen LogP contribution in [0.3, 0.4) is 0 Å². The molecule has 0 amide bonds. The first kappa shape index (κ1) is 19.4. The lowest BCUT2D eigenvalue weighted by atomic mass is 9.78. The maximum atomic E-state index is 13.3. The Morgan fingerprint density at radius 1 is 1.10 bits per heavy atom. The van der Waals surface area contributed by atoms with Crippen LogP contribution in [0, 0.1) is 12.8 Å². The fourth-order valence-corrected chi connectivity index (χ4v) is 6.91. The third kappa shape index (κ3) is 3.06. The molecule has 154 valence electrons. The van der Waals surface area contributed by atoms with Gasteiger partial charge in [-0.3, -0.25) is 4.31 Å². The summed E-state index contributed by atoms with van der Waals surface area (Å²) in [5.41, 5.74) is 4.07. The Labute approximate surface area is 181 Å². The van der Waals surface area contributed by atoms with Gasteiger partial charge >= 0.3 is 0 Å². The van der Waals surface area contributed by atoms with Crippen molar-refractivity contribution in [2.24, 2.45) is 5.92 Å². The van der Waals surface area contributed by atoms with Gasteiger partial charge in [0.2, 0.25) is 0 Å². The molecule has 4 nitrogen and oxygen atoms in total. The number of hydrogen-bond acceptors (Lipinski definition) is 4. The second kappa shape index (κ2) is 7.29. The summed E-state index contributed by atoms with van der Waals surface area (Å²) < 4.78 is 27.9. The van der Waals surface area contributed by atoms with Crippen LogP contribution in [-0.4, -0.2) is 15.5 Å². The summed E-state index contributed by atoms with van der Waals surface area (Å²) in [6, 6.07) is 17.1. The highest BCUT2D eigenvalue weighted by Gasteiger charge is 2.39. The Kier molecular flexibility index (Phi) is 4.71. The van der Waals surface area contributed by atoms with Crippen molar-refractivity contribution in [3.05, 3.63) is 88.1 Å². The number of rotatable bonds is 4. The van der Waals surface area contributed by atoms with Crippen LogP contribution >= 0.6 is 11.3 Å². The Bertz CT molecular complexity index is 1220. The van der Waals surface area contributed by atoms with E-state index in [9.17, 15) is 8.42 Å². The number of nitrogens with zero attached hydrogens (tertiary/aromatic N) is 1. The number of benzene rings is 2. The summed E-state index contributed by atoms with van der Waals surface area (Å²) in [4.78, 5) is 1.71. The predicted octanol–water partition coefficient (Wildman–Crippen LogP) is 5.71. The Morgan fingerprint density at radius 3 is 2.63 bits per heavy atom. The highest BCUT2D eigenvalue weighted by atomic mass is 32.2. The molecule has 0 bridgehead atoms. The maximum absolute atomic E-state index is 13.3. The molecule has 0 fully saturated rings. The number of allylic oxidation sites excluding steroid dienone is 2. The average Bonchev–Trinajstić information content (AvgIpc) is 3.42. The molecule has 5 rings (SSSR count). The van der Waals surface area contributed by atoms with Gasteiger partial charge in [-0.05, 0) is 72.2 Å². The lowest BCUT2D eigenvalue weighted by Crippen LogP contribution is -2.30. The molecule has 2 heterocycles. The van der Waals surface area contributed by atoms with E-state index in [1.165, 1.54) is 14.7 Å². The lowest BCUT2D eigenvalue weighted by Gasteiger charge is -2.37. The number of para-hydroxylation sites is 1. The van der Waals surface area contributed by atoms with Crippen LogP contribution in [0.1, 0.15) is 34.4 Å². The van der Waals surface area contributed by atoms with Crippen LogP contribution < -0.4 is 9.62 Å².